The van der Waals surface area contributed by atoms with Gasteiger partial charge in [-0.2, -0.15) is 4.98 Å². The van der Waals surface area contributed by atoms with E-state index in [1.165, 1.54) is 6.92 Å². The third-order valence-corrected chi connectivity index (χ3v) is 3.89. The van der Waals surface area contributed by atoms with Gasteiger partial charge in [-0.05, 0) is 18.2 Å². The Balaban J connectivity index is 2.21. The highest BCUT2D eigenvalue weighted by atomic mass is 32.2. The third-order valence-electron chi connectivity index (χ3n) is 2.46. The molecule has 0 saturated carbocycles. The predicted octanol–water partition coefficient (Wildman–Crippen LogP) is 0.694. The number of hydrogen-bond donors (Lipinski definition) is 2. The first kappa shape index (κ1) is 15.1. The van der Waals surface area contributed by atoms with Gasteiger partial charge in [-0.25, -0.2) is 22.3 Å². The summed E-state index contributed by atoms with van der Waals surface area (Å²) in [7, 11) is -4.16. The van der Waals surface area contributed by atoms with E-state index in [0.29, 0.717) is 6.07 Å². The van der Waals surface area contributed by atoms with Crippen molar-refractivity contribution >= 4 is 16.0 Å². The Hall–Kier alpha value is -2.33. The lowest BCUT2D eigenvalue weighted by Gasteiger charge is -2.06. The van der Waals surface area contributed by atoms with Crippen LogP contribution in [0.3, 0.4) is 0 Å². The van der Waals surface area contributed by atoms with Crippen molar-refractivity contribution in [2.75, 3.05) is 0 Å². The summed E-state index contributed by atoms with van der Waals surface area (Å²) in [6, 6.07) is 2.51. The van der Waals surface area contributed by atoms with Crippen LogP contribution in [0, 0.1) is 12.7 Å². The van der Waals surface area contributed by atoms with Crippen LogP contribution in [0.4, 0.5) is 4.39 Å². The van der Waals surface area contributed by atoms with Crippen molar-refractivity contribution in [3.63, 3.8) is 0 Å². The van der Waals surface area contributed by atoms with Crippen molar-refractivity contribution in [1.82, 2.24) is 14.9 Å². The molecular formula is C11H10FN3O5S. The lowest BCUT2D eigenvalue weighted by atomic mass is 10.2. The summed E-state index contributed by atoms with van der Waals surface area (Å²) in [5.74, 6) is -2.15. The lowest BCUT2D eigenvalue weighted by Crippen LogP contribution is -2.25. The summed E-state index contributed by atoms with van der Waals surface area (Å²) in [4.78, 5) is 13.8. The van der Waals surface area contributed by atoms with Crippen molar-refractivity contribution in [3.05, 3.63) is 41.3 Å². The molecule has 0 aliphatic carbocycles. The van der Waals surface area contributed by atoms with Crippen molar-refractivity contribution in [2.24, 2.45) is 0 Å². The molecular weight excluding hydrogens is 305 g/mol. The Morgan fingerprint density at radius 1 is 1.48 bits per heavy atom. The fourth-order valence-corrected chi connectivity index (χ4v) is 2.54. The predicted molar refractivity (Wildman–Crippen MR) is 66.4 cm³/mol. The summed E-state index contributed by atoms with van der Waals surface area (Å²) in [5.41, 5.74) is -0.347. The van der Waals surface area contributed by atoms with E-state index in [9.17, 15) is 17.6 Å². The first-order chi connectivity index (χ1) is 9.79. The Bertz CT molecular complexity index is 787. The monoisotopic (exact) mass is 315 g/mol. The van der Waals surface area contributed by atoms with Crippen LogP contribution >= 0.6 is 0 Å². The van der Waals surface area contributed by atoms with Gasteiger partial charge in [0.05, 0.1) is 12.1 Å². The molecule has 112 valence electrons. The van der Waals surface area contributed by atoms with Crippen LogP contribution in [0.5, 0.6) is 0 Å². The normalized spacial score (nSPS) is 11.5. The van der Waals surface area contributed by atoms with E-state index in [1.807, 2.05) is 0 Å². The van der Waals surface area contributed by atoms with Gasteiger partial charge in [0.2, 0.25) is 15.9 Å². The number of carboxylic acids is 1. The Kier molecular flexibility index (Phi) is 4.00. The molecule has 0 amide bonds. The molecule has 21 heavy (non-hydrogen) atoms. The maximum atomic E-state index is 13.7. The van der Waals surface area contributed by atoms with Gasteiger partial charge in [0.15, 0.2) is 5.82 Å². The minimum atomic E-state index is -4.16. The number of carbonyl (C=O) groups is 1. The molecule has 2 N–H and O–H groups in total. The zero-order chi connectivity index (χ0) is 15.6. The zero-order valence-corrected chi connectivity index (χ0v) is 11.5. The van der Waals surface area contributed by atoms with E-state index in [0.717, 1.165) is 12.1 Å². The fraction of sp³-hybridized carbons (Fsp3) is 0.182. The number of nitrogens with one attached hydrogen (secondary N) is 1. The number of aryl methyl sites for hydroxylation is 1. The number of benzene rings is 1. The summed E-state index contributed by atoms with van der Waals surface area (Å²) in [6.45, 7) is 1.26. The molecule has 0 aliphatic heterocycles. The number of halogens is 1. The second-order valence-corrected chi connectivity index (χ2v) is 5.74. The molecule has 1 aromatic heterocycles. The van der Waals surface area contributed by atoms with Gasteiger partial charge in [0.1, 0.15) is 10.7 Å². The van der Waals surface area contributed by atoms with Crippen LogP contribution < -0.4 is 4.72 Å². The van der Waals surface area contributed by atoms with Crippen LogP contribution in [-0.4, -0.2) is 29.6 Å². The van der Waals surface area contributed by atoms with Gasteiger partial charge in [-0.15, -0.1) is 0 Å². The van der Waals surface area contributed by atoms with E-state index in [1.54, 1.807) is 0 Å². The number of carboxylic acid groups (broad SMARTS) is 1. The van der Waals surface area contributed by atoms with Crippen LogP contribution in [-0.2, 0) is 16.6 Å². The average molecular weight is 315 g/mol. The Morgan fingerprint density at radius 3 is 2.71 bits per heavy atom. The summed E-state index contributed by atoms with van der Waals surface area (Å²) < 4.78 is 44.3. The Labute approximate surface area is 118 Å². The fourth-order valence-electron chi connectivity index (χ4n) is 1.50. The van der Waals surface area contributed by atoms with Gasteiger partial charge < -0.3 is 9.63 Å². The first-order valence-corrected chi connectivity index (χ1v) is 7.09. The van der Waals surface area contributed by atoms with Crippen LogP contribution in [0.2, 0.25) is 0 Å². The number of hydrogen-bond acceptors (Lipinski definition) is 6. The summed E-state index contributed by atoms with van der Waals surface area (Å²) in [6.07, 6.45) is 0. The smallest absolute Gasteiger partial charge is 0.335 e. The number of aromatic carboxylic acids is 1. The van der Waals surface area contributed by atoms with Gasteiger partial charge in [-0.3, -0.25) is 0 Å². The number of aromatic nitrogens is 2. The quantitative estimate of drug-likeness (QED) is 0.832. The highest BCUT2D eigenvalue weighted by Gasteiger charge is 2.21. The molecule has 0 spiro atoms. The zero-order valence-electron chi connectivity index (χ0n) is 10.7. The van der Waals surface area contributed by atoms with Crippen molar-refractivity contribution in [2.45, 2.75) is 18.4 Å². The van der Waals surface area contributed by atoms with Gasteiger partial charge in [0.25, 0.3) is 0 Å². The molecule has 0 fully saturated rings. The van der Waals surface area contributed by atoms with Crippen LogP contribution in [0.25, 0.3) is 0 Å². The number of rotatable bonds is 5. The second-order valence-electron chi connectivity index (χ2n) is 4.00. The van der Waals surface area contributed by atoms with Gasteiger partial charge >= 0.3 is 5.97 Å². The minimum absolute atomic E-state index is 0.0960. The Morgan fingerprint density at radius 2 is 2.19 bits per heavy atom. The highest BCUT2D eigenvalue weighted by Crippen LogP contribution is 2.16. The van der Waals surface area contributed by atoms with E-state index in [2.05, 4.69) is 19.4 Å². The minimum Gasteiger partial charge on any atom is -0.478 e. The van der Waals surface area contributed by atoms with Crippen molar-refractivity contribution in [1.29, 1.82) is 0 Å². The molecule has 1 heterocycles. The van der Waals surface area contributed by atoms with E-state index < -0.39 is 26.7 Å². The van der Waals surface area contributed by atoms with E-state index in [4.69, 9.17) is 5.11 Å². The number of nitrogens with zero attached hydrogens (tertiary/aromatic N) is 2. The summed E-state index contributed by atoms with van der Waals surface area (Å²) >= 11 is 0. The van der Waals surface area contributed by atoms with E-state index >= 15 is 0 Å². The second kappa shape index (κ2) is 5.58. The standard InChI is InChI=1S/C11H10FN3O5S/c1-6-14-10(15-20-6)5-13-21(18,19)9-3-2-7(11(16)17)4-8(9)12/h2-4,13H,5H2,1H3,(H,16,17). The average Bonchev–Trinajstić information content (AvgIpc) is 2.82. The molecule has 10 heteroatoms. The molecule has 8 nitrogen and oxygen atoms in total. The lowest BCUT2D eigenvalue weighted by molar-refractivity contribution is 0.0696. The SMILES string of the molecule is Cc1nc(CNS(=O)(=O)c2ccc(C(=O)O)cc2F)no1. The van der Waals surface area contributed by atoms with Gasteiger partial charge in [0, 0.05) is 6.92 Å². The maximum Gasteiger partial charge on any atom is 0.335 e. The molecule has 1 aromatic carbocycles. The first-order valence-electron chi connectivity index (χ1n) is 5.61. The van der Waals surface area contributed by atoms with Crippen molar-refractivity contribution in [3.8, 4) is 0 Å². The molecule has 0 atom stereocenters. The molecule has 0 unspecified atom stereocenters. The molecule has 0 aliphatic rings. The van der Waals surface area contributed by atoms with Crippen LogP contribution in [0.1, 0.15) is 22.1 Å². The largest absolute Gasteiger partial charge is 0.478 e. The maximum absolute atomic E-state index is 13.7. The molecule has 2 aromatic rings. The molecule has 0 saturated heterocycles. The topological polar surface area (TPSA) is 122 Å². The molecule has 2 rings (SSSR count). The highest BCUT2D eigenvalue weighted by molar-refractivity contribution is 7.89. The van der Waals surface area contributed by atoms with E-state index in [-0.39, 0.29) is 23.8 Å². The van der Waals surface area contributed by atoms with Crippen molar-refractivity contribution < 1.29 is 27.2 Å². The molecule has 0 bridgehead atoms. The third kappa shape index (κ3) is 3.41. The number of sulfonamides is 1. The van der Waals surface area contributed by atoms with Gasteiger partial charge in [-0.1, -0.05) is 5.16 Å². The summed E-state index contributed by atoms with van der Waals surface area (Å²) in [5, 5.41) is 12.2. The molecule has 0 radical (unpaired) electrons. The van der Waals surface area contributed by atoms with Crippen LogP contribution in [0.15, 0.2) is 27.6 Å².